The van der Waals surface area contributed by atoms with E-state index in [0.717, 1.165) is 16.4 Å². The molecule has 0 atom stereocenters. The summed E-state index contributed by atoms with van der Waals surface area (Å²) in [6.45, 7) is 8.29. The first-order chi connectivity index (χ1) is 7.45. The minimum Gasteiger partial charge on any atom is -0.464 e. The second-order valence-electron chi connectivity index (χ2n) is 4.57. The van der Waals surface area contributed by atoms with E-state index in [9.17, 15) is 0 Å². The summed E-state index contributed by atoms with van der Waals surface area (Å²) in [4.78, 5) is 1.08. The molecule has 1 aromatic rings. The maximum Gasteiger partial charge on any atom is 0.140 e. The van der Waals surface area contributed by atoms with Gasteiger partial charge in [-0.2, -0.15) is 0 Å². The molecule has 0 bridgehead atoms. The Morgan fingerprint density at radius 1 is 1.44 bits per heavy atom. The van der Waals surface area contributed by atoms with Crippen LogP contribution in [0.15, 0.2) is 40.0 Å². The average molecular weight is 237 g/mol. The minimum atomic E-state index is 0.00894. The third kappa shape index (κ3) is 3.49. The van der Waals surface area contributed by atoms with Crippen molar-refractivity contribution in [3.63, 3.8) is 0 Å². The fourth-order valence-electron chi connectivity index (χ4n) is 0.991. The van der Waals surface area contributed by atoms with E-state index in [2.05, 4.69) is 20.8 Å². The lowest BCUT2D eigenvalue weighted by molar-refractivity contribution is 0.499. The van der Waals surface area contributed by atoms with Gasteiger partial charge in [0.05, 0.1) is 11.2 Å². The third-order valence-electron chi connectivity index (χ3n) is 2.21. The molecular weight excluding hydrogens is 218 g/mol. The average Bonchev–Trinajstić information content (AvgIpc) is 2.70. The maximum atomic E-state index is 5.99. The highest BCUT2D eigenvalue weighted by atomic mass is 32.2. The molecule has 2 N–H and O–H groups in total. The summed E-state index contributed by atoms with van der Waals surface area (Å²) in [5.74, 6) is 0.880. The summed E-state index contributed by atoms with van der Waals surface area (Å²) >= 11 is 1.59. The molecule has 1 heterocycles. The van der Waals surface area contributed by atoms with Crippen LogP contribution in [0.3, 0.4) is 0 Å². The number of hydrogen-bond acceptors (Lipinski definition) is 3. The van der Waals surface area contributed by atoms with E-state index in [1.54, 1.807) is 18.0 Å². The van der Waals surface area contributed by atoms with Gasteiger partial charge in [-0.1, -0.05) is 38.6 Å². The summed E-state index contributed by atoms with van der Waals surface area (Å²) in [7, 11) is 0. The normalized spacial score (nSPS) is 14.2. The monoisotopic (exact) mass is 237 g/mol. The quantitative estimate of drug-likeness (QED) is 0.855. The zero-order valence-corrected chi connectivity index (χ0v) is 11.1. The van der Waals surface area contributed by atoms with Crippen LogP contribution in [0.1, 0.15) is 33.5 Å². The fraction of sp³-hybridized carbons (Fsp3) is 0.385. The SMILES string of the molecule is C/C=C(\S/C=C(\N)C(C)(C)C)c1ccco1. The van der Waals surface area contributed by atoms with Gasteiger partial charge >= 0.3 is 0 Å². The van der Waals surface area contributed by atoms with Crippen LogP contribution < -0.4 is 5.73 Å². The highest BCUT2D eigenvalue weighted by Crippen LogP contribution is 2.32. The van der Waals surface area contributed by atoms with E-state index in [4.69, 9.17) is 10.2 Å². The smallest absolute Gasteiger partial charge is 0.140 e. The molecule has 3 heteroatoms. The summed E-state index contributed by atoms with van der Waals surface area (Å²) in [6.07, 6.45) is 3.70. The lowest BCUT2D eigenvalue weighted by Crippen LogP contribution is -2.16. The Bertz CT molecular complexity index is 383. The van der Waals surface area contributed by atoms with E-state index < -0.39 is 0 Å². The van der Waals surface area contributed by atoms with E-state index in [1.807, 2.05) is 30.5 Å². The number of nitrogens with two attached hydrogens (primary N) is 1. The molecule has 2 nitrogen and oxygen atoms in total. The number of thioether (sulfide) groups is 1. The molecular formula is C13H19NOS. The van der Waals surface area contributed by atoms with Crippen molar-refractivity contribution in [3.05, 3.63) is 41.3 Å². The summed E-state index contributed by atoms with van der Waals surface area (Å²) in [6, 6.07) is 3.83. The van der Waals surface area contributed by atoms with Crippen molar-refractivity contribution >= 4 is 16.7 Å². The van der Waals surface area contributed by atoms with Crippen molar-refractivity contribution in [2.75, 3.05) is 0 Å². The molecule has 0 fully saturated rings. The second-order valence-corrected chi connectivity index (χ2v) is 5.48. The Morgan fingerprint density at radius 3 is 2.56 bits per heavy atom. The molecule has 0 amide bonds. The first kappa shape index (κ1) is 13.0. The van der Waals surface area contributed by atoms with Crippen LogP contribution in [0.2, 0.25) is 0 Å². The number of allylic oxidation sites excluding steroid dienone is 2. The van der Waals surface area contributed by atoms with E-state index in [-0.39, 0.29) is 5.41 Å². The Hall–Kier alpha value is -1.09. The molecule has 0 aliphatic carbocycles. The van der Waals surface area contributed by atoms with Gasteiger partial charge in [0.25, 0.3) is 0 Å². The van der Waals surface area contributed by atoms with Crippen molar-refractivity contribution in [1.82, 2.24) is 0 Å². The van der Waals surface area contributed by atoms with Crippen molar-refractivity contribution in [1.29, 1.82) is 0 Å². The second kappa shape index (κ2) is 5.30. The van der Waals surface area contributed by atoms with Gasteiger partial charge in [0.2, 0.25) is 0 Å². The third-order valence-corrected chi connectivity index (χ3v) is 3.27. The van der Waals surface area contributed by atoms with Gasteiger partial charge in [-0.25, -0.2) is 0 Å². The molecule has 88 valence electrons. The lowest BCUT2D eigenvalue weighted by atomic mass is 9.94. The van der Waals surface area contributed by atoms with Crippen LogP contribution in [-0.2, 0) is 0 Å². The molecule has 0 aliphatic heterocycles. The van der Waals surface area contributed by atoms with Crippen LogP contribution >= 0.6 is 11.8 Å². The largest absolute Gasteiger partial charge is 0.464 e. The van der Waals surface area contributed by atoms with Gasteiger partial charge in [-0.05, 0) is 24.5 Å². The van der Waals surface area contributed by atoms with Crippen molar-refractivity contribution < 1.29 is 4.42 Å². The van der Waals surface area contributed by atoms with Crippen molar-refractivity contribution in [2.24, 2.45) is 11.1 Å². The van der Waals surface area contributed by atoms with Gasteiger partial charge in [-0.3, -0.25) is 0 Å². The van der Waals surface area contributed by atoms with E-state index in [0.29, 0.717) is 0 Å². The maximum absolute atomic E-state index is 5.99. The van der Waals surface area contributed by atoms with Crippen LogP contribution in [0.4, 0.5) is 0 Å². The molecule has 0 spiro atoms. The molecule has 1 aromatic heterocycles. The molecule has 1 rings (SSSR count). The first-order valence-electron chi connectivity index (χ1n) is 5.28. The zero-order valence-electron chi connectivity index (χ0n) is 10.3. The van der Waals surface area contributed by atoms with Crippen LogP contribution in [0, 0.1) is 5.41 Å². The predicted molar refractivity (Wildman–Crippen MR) is 71.7 cm³/mol. The Labute approximate surface area is 102 Å². The van der Waals surface area contributed by atoms with Gasteiger partial charge in [0, 0.05) is 11.1 Å². The van der Waals surface area contributed by atoms with Crippen LogP contribution in [-0.4, -0.2) is 0 Å². The predicted octanol–water partition coefficient (Wildman–Crippen LogP) is 4.22. The van der Waals surface area contributed by atoms with Gasteiger partial charge in [0.1, 0.15) is 5.76 Å². The van der Waals surface area contributed by atoms with Crippen molar-refractivity contribution in [3.8, 4) is 0 Å². The van der Waals surface area contributed by atoms with Gasteiger partial charge < -0.3 is 10.2 Å². The minimum absolute atomic E-state index is 0.00894. The van der Waals surface area contributed by atoms with Gasteiger partial charge in [-0.15, -0.1) is 0 Å². The molecule has 0 unspecified atom stereocenters. The number of rotatable bonds is 3. The standard InChI is InChI=1S/C13H19NOS/c1-5-11(10-7-6-8-15-10)16-9-12(14)13(2,3)4/h5-9H,14H2,1-4H3/b11-5-,12-9-. The molecule has 0 saturated carbocycles. The molecule has 0 radical (unpaired) electrons. The summed E-state index contributed by atoms with van der Waals surface area (Å²) < 4.78 is 5.35. The molecule has 0 aliphatic rings. The molecule has 16 heavy (non-hydrogen) atoms. The van der Waals surface area contributed by atoms with E-state index >= 15 is 0 Å². The number of furan rings is 1. The Balaban J connectivity index is 2.75. The first-order valence-corrected chi connectivity index (χ1v) is 6.16. The van der Waals surface area contributed by atoms with Crippen LogP contribution in [0.5, 0.6) is 0 Å². The highest BCUT2D eigenvalue weighted by Gasteiger charge is 2.14. The topological polar surface area (TPSA) is 39.2 Å². The van der Waals surface area contributed by atoms with Crippen molar-refractivity contribution in [2.45, 2.75) is 27.7 Å². The highest BCUT2D eigenvalue weighted by molar-refractivity contribution is 8.10. The lowest BCUT2D eigenvalue weighted by Gasteiger charge is -2.18. The number of hydrogen-bond donors (Lipinski definition) is 1. The van der Waals surface area contributed by atoms with Gasteiger partial charge in [0.15, 0.2) is 0 Å². The molecule has 0 saturated heterocycles. The zero-order chi connectivity index (χ0) is 12.2. The Morgan fingerprint density at radius 2 is 2.12 bits per heavy atom. The summed E-state index contributed by atoms with van der Waals surface area (Å²) in [5, 5.41) is 1.98. The fourth-order valence-corrected chi connectivity index (χ4v) is 1.97. The van der Waals surface area contributed by atoms with E-state index in [1.165, 1.54) is 0 Å². The van der Waals surface area contributed by atoms with Crippen LogP contribution in [0.25, 0.3) is 4.91 Å². The molecule has 0 aromatic carbocycles. The summed E-state index contributed by atoms with van der Waals surface area (Å²) in [5.41, 5.74) is 6.88. The Kier molecular flexibility index (Phi) is 4.30.